The number of rotatable bonds is 7. The Morgan fingerprint density at radius 2 is 1.59 bits per heavy atom. The van der Waals surface area contributed by atoms with Crippen LogP contribution in [0.1, 0.15) is 31.9 Å². The maximum absolute atomic E-state index is 12.9. The molecule has 0 heterocycles. The lowest BCUT2D eigenvalue weighted by Crippen LogP contribution is -2.50. The Morgan fingerprint density at radius 1 is 0.938 bits per heavy atom. The highest BCUT2D eigenvalue weighted by molar-refractivity contribution is 5.86. The van der Waals surface area contributed by atoms with Crippen molar-refractivity contribution in [3.05, 3.63) is 77.9 Å². The highest BCUT2D eigenvalue weighted by Crippen LogP contribution is 2.17. The van der Waals surface area contributed by atoms with Crippen molar-refractivity contribution in [1.82, 2.24) is 10.8 Å². The Labute approximate surface area is 187 Å². The first kappa shape index (κ1) is 23.1. The number of carbonyl (C=O) groups is 2. The van der Waals surface area contributed by atoms with Crippen LogP contribution in [0.5, 0.6) is 5.75 Å². The highest BCUT2D eigenvalue weighted by atomic mass is 16.7. The van der Waals surface area contributed by atoms with Gasteiger partial charge in [0.15, 0.2) is 5.75 Å². The molecule has 0 aromatic heterocycles. The Bertz CT molecular complexity index is 1070. The Morgan fingerprint density at radius 3 is 2.25 bits per heavy atom. The van der Waals surface area contributed by atoms with E-state index in [4.69, 9.17) is 15.3 Å². The van der Waals surface area contributed by atoms with Crippen molar-refractivity contribution in [2.45, 2.75) is 45.4 Å². The van der Waals surface area contributed by atoms with Gasteiger partial charge in [-0.05, 0) is 54.8 Å². The fourth-order valence-electron chi connectivity index (χ4n) is 3.13. The molecule has 3 aromatic carbocycles. The molecule has 0 aliphatic rings. The molecule has 0 saturated carbocycles. The molecule has 0 saturated heterocycles. The average molecular weight is 436 g/mol. The maximum Gasteiger partial charge on any atom is 0.408 e. The Kier molecular flexibility index (Phi) is 7.33. The van der Waals surface area contributed by atoms with E-state index in [2.05, 4.69) is 10.8 Å². The van der Waals surface area contributed by atoms with Gasteiger partial charge in [0.25, 0.3) is 5.91 Å². The minimum atomic E-state index is -0.894. The predicted molar refractivity (Wildman–Crippen MR) is 124 cm³/mol. The van der Waals surface area contributed by atoms with Crippen molar-refractivity contribution < 1.29 is 19.2 Å². The van der Waals surface area contributed by atoms with Crippen LogP contribution in [0.4, 0.5) is 4.79 Å². The summed E-state index contributed by atoms with van der Waals surface area (Å²) in [7, 11) is 0. The summed E-state index contributed by atoms with van der Waals surface area (Å²) in [5.74, 6) is -0.0378. The molecule has 0 fully saturated rings. The second-order valence-electron chi connectivity index (χ2n) is 8.50. The monoisotopic (exact) mass is 435 g/mol. The topological polar surface area (TPSA) is 103 Å². The first-order chi connectivity index (χ1) is 15.2. The molecule has 3 aromatic rings. The molecule has 0 radical (unpaired) electrons. The molecule has 7 heteroatoms. The lowest BCUT2D eigenvalue weighted by molar-refractivity contribution is -0.129. The summed E-state index contributed by atoms with van der Waals surface area (Å²) in [5.41, 5.74) is 9.18. The molecule has 0 aliphatic heterocycles. The summed E-state index contributed by atoms with van der Waals surface area (Å²) >= 11 is 0. The lowest BCUT2D eigenvalue weighted by Gasteiger charge is -2.23. The SMILES string of the molecule is CC(C)(C)OC(=O)NC(Cc1ccc2ccccc2c1)C(=O)NOc1ccc(CN)cc1. The van der Waals surface area contributed by atoms with E-state index in [1.165, 1.54) is 0 Å². The van der Waals surface area contributed by atoms with E-state index in [0.717, 1.165) is 21.9 Å². The van der Waals surface area contributed by atoms with Crippen LogP contribution in [0.25, 0.3) is 10.8 Å². The molecule has 0 spiro atoms. The minimum absolute atomic E-state index is 0.269. The van der Waals surface area contributed by atoms with Gasteiger partial charge in [0, 0.05) is 13.0 Å². The van der Waals surface area contributed by atoms with E-state index in [9.17, 15) is 9.59 Å². The van der Waals surface area contributed by atoms with Gasteiger partial charge in [-0.1, -0.05) is 54.6 Å². The molecule has 1 unspecified atom stereocenters. The number of amides is 2. The number of nitrogens with two attached hydrogens (primary N) is 1. The van der Waals surface area contributed by atoms with Crippen molar-refractivity contribution in [2.75, 3.05) is 0 Å². The van der Waals surface area contributed by atoms with E-state index in [0.29, 0.717) is 12.3 Å². The summed E-state index contributed by atoms with van der Waals surface area (Å²) in [6.45, 7) is 5.71. The third kappa shape index (κ3) is 6.72. The molecule has 7 nitrogen and oxygen atoms in total. The van der Waals surface area contributed by atoms with Crippen LogP contribution in [0.3, 0.4) is 0 Å². The van der Waals surface area contributed by atoms with Gasteiger partial charge in [0.1, 0.15) is 11.6 Å². The molecule has 4 N–H and O–H groups in total. The summed E-state index contributed by atoms with van der Waals surface area (Å²) < 4.78 is 5.33. The van der Waals surface area contributed by atoms with Gasteiger partial charge in [-0.3, -0.25) is 4.79 Å². The first-order valence-corrected chi connectivity index (χ1v) is 10.5. The summed E-state index contributed by atoms with van der Waals surface area (Å²) in [4.78, 5) is 30.6. The number of alkyl carbamates (subject to hydrolysis) is 1. The van der Waals surface area contributed by atoms with Crippen LogP contribution in [0.15, 0.2) is 66.7 Å². The largest absolute Gasteiger partial charge is 0.444 e. The number of ether oxygens (including phenoxy) is 1. The van der Waals surface area contributed by atoms with Crippen molar-refractivity contribution >= 4 is 22.8 Å². The van der Waals surface area contributed by atoms with Gasteiger partial charge in [-0.15, -0.1) is 0 Å². The van der Waals surface area contributed by atoms with Gasteiger partial charge >= 0.3 is 6.09 Å². The molecule has 3 rings (SSSR count). The second kappa shape index (κ2) is 10.2. The fourth-order valence-corrected chi connectivity index (χ4v) is 3.13. The number of carbonyl (C=O) groups excluding carboxylic acids is 2. The van der Waals surface area contributed by atoms with E-state index in [1.807, 2.05) is 54.6 Å². The third-order valence-corrected chi connectivity index (χ3v) is 4.69. The zero-order chi connectivity index (χ0) is 23.1. The smallest absolute Gasteiger partial charge is 0.408 e. The number of fused-ring (bicyclic) bond motifs is 1. The molecule has 168 valence electrons. The standard InChI is InChI=1S/C25H29N3O4/c1-25(2,3)31-24(30)27-22(15-18-8-11-19-6-4-5-7-20(19)14-18)23(29)28-32-21-12-9-17(16-26)10-13-21/h4-14,22H,15-16,26H2,1-3H3,(H,27,30)(H,28,29). The van der Waals surface area contributed by atoms with Gasteiger partial charge < -0.3 is 20.6 Å². The quantitative estimate of drug-likeness (QED) is 0.489. The number of benzene rings is 3. The van der Waals surface area contributed by atoms with Crippen molar-refractivity contribution in [1.29, 1.82) is 0 Å². The Balaban J connectivity index is 1.73. The van der Waals surface area contributed by atoms with Crippen molar-refractivity contribution in [3.8, 4) is 5.75 Å². The average Bonchev–Trinajstić information content (AvgIpc) is 2.76. The predicted octanol–water partition coefficient (Wildman–Crippen LogP) is 3.84. The molecule has 0 aliphatic carbocycles. The van der Waals surface area contributed by atoms with Gasteiger partial charge in [-0.2, -0.15) is 5.48 Å². The zero-order valence-corrected chi connectivity index (χ0v) is 18.6. The molecule has 2 amide bonds. The number of hydrogen-bond acceptors (Lipinski definition) is 5. The highest BCUT2D eigenvalue weighted by Gasteiger charge is 2.25. The number of hydroxylamine groups is 1. The molecular weight excluding hydrogens is 406 g/mol. The number of hydrogen-bond donors (Lipinski definition) is 3. The maximum atomic E-state index is 12.9. The van der Waals surface area contributed by atoms with Crippen LogP contribution >= 0.6 is 0 Å². The summed E-state index contributed by atoms with van der Waals surface area (Å²) in [6, 6.07) is 20.0. The van der Waals surface area contributed by atoms with Crippen LogP contribution < -0.4 is 21.4 Å². The minimum Gasteiger partial charge on any atom is -0.444 e. The van der Waals surface area contributed by atoms with Crippen LogP contribution in [-0.2, 0) is 22.5 Å². The second-order valence-corrected chi connectivity index (χ2v) is 8.50. The zero-order valence-electron chi connectivity index (χ0n) is 18.6. The van der Waals surface area contributed by atoms with Crippen LogP contribution in [-0.4, -0.2) is 23.6 Å². The van der Waals surface area contributed by atoms with Crippen LogP contribution in [0, 0.1) is 0 Å². The van der Waals surface area contributed by atoms with E-state index in [1.54, 1.807) is 32.9 Å². The van der Waals surface area contributed by atoms with Crippen molar-refractivity contribution in [3.63, 3.8) is 0 Å². The molecular formula is C25H29N3O4. The Hall–Kier alpha value is -3.58. The third-order valence-electron chi connectivity index (χ3n) is 4.69. The molecule has 1 atom stereocenters. The van der Waals surface area contributed by atoms with Gasteiger partial charge in [-0.25, -0.2) is 4.79 Å². The normalized spacial score (nSPS) is 12.1. The van der Waals surface area contributed by atoms with E-state index >= 15 is 0 Å². The summed E-state index contributed by atoms with van der Waals surface area (Å²) in [6.07, 6.45) is -0.406. The van der Waals surface area contributed by atoms with Gasteiger partial charge in [0.05, 0.1) is 0 Å². The molecule has 32 heavy (non-hydrogen) atoms. The van der Waals surface area contributed by atoms with E-state index < -0.39 is 23.6 Å². The van der Waals surface area contributed by atoms with E-state index in [-0.39, 0.29) is 6.42 Å². The first-order valence-electron chi connectivity index (χ1n) is 10.5. The van der Waals surface area contributed by atoms with Crippen LogP contribution in [0.2, 0.25) is 0 Å². The lowest BCUT2D eigenvalue weighted by atomic mass is 10.0. The fraction of sp³-hybridized carbons (Fsp3) is 0.280. The van der Waals surface area contributed by atoms with Gasteiger partial charge in [0.2, 0.25) is 0 Å². The molecule has 0 bridgehead atoms. The van der Waals surface area contributed by atoms with Crippen molar-refractivity contribution in [2.24, 2.45) is 5.73 Å². The summed E-state index contributed by atoms with van der Waals surface area (Å²) in [5, 5.41) is 4.81. The number of nitrogens with one attached hydrogen (secondary N) is 2.